The maximum atomic E-state index is 8.35. The fourth-order valence-corrected chi connectivity index (χ4v) is 0.998. The average molecular weight is 188 g/mol. The molecule has 0 heterocycles. The van der Waals surface area contributed by atoms with E-state index >= 15 is 0 Å². The van der Waals surface area contributed by atoms with Crippen LogP contribution in [0.25, 0.3) is 0 Å². The molecule has 14 heavy (non-hydrogen) atoms. The molecule has 2 N–H and O–H groups in total. The Hall–Kier alpha value is -1.79. The van der Waals surface area contributed by atoms with Crippen LogP contribution in [0.2, 0.25) is 0 Å². The largest absolute Gasteiger partial charge is 0.411 e. The third kappa shape index (κ3) is 3.30. The van der Waals surface area contributed by atoms with E-state index < -0.39 is 0 Å². The van der Waals surface area contributed by atoms with Crippen LogP contribution in [-0.2, 0) is 0 Å². The van der Waals surface area contributed by atoms with Crippen LogP contribution < -0.4 is 5.32 Å². The lowest BCUT2D eigenvalue weighted by atomic mass is 10.1. The summed E-state index contributed by atoms with van der Waals surface area (Å²) >= 11 is 0. The number of nitrogens with one attached hydrogen (secondary N) is 1. The van der Waals surface area contributed by atoms with Gasteiger partial charge in [0, 0.05) is 5.56 Å². The van der Waals surface area contributed by atoms with Gasteiger partial charge in [0.05, 0.1) is 12.8 Å². The SMILES string of the molecule is CNCC#Cc1cccc(C=NO)c1. The van der Waals surface area contributed by atoms with E-state index in [1.807, 2.05) is 31.3 Å². The van der Waals surface area contributed by atoms with Crippen molar-refractivity contribution in [1.82, 2.24) is 5.32 Å². The Kier molecular flexibility index (Phi) is 4.25. The standard InChI is InChI=1S/C11H12N2O/c1-12-7-3-6-10-4-2-5-11(8-10)9-13-14/h2,4-5,8-9,12,14H,7H2,1H3. The summed E-state index contributed by atoms with van der Waals surface area (Å²) in [4.78, 5) is 0. The van der Waals surface area contributed by atoms with E-state index in [4.69, 9.17) is 5.21 Å². The Morgan fingerprint density at radius 2 is 2.43 bits per heavy atom. The van der Waals surface area contributed by atoms with Crippen LogP contribution in [0.3, 0.4) is 0 Å². The highest BCUT2D eigenvalue weighted by Crippen LogP contribution is 2.01. The van der Waals surface area contributed by atoms with Crippen molar-refractivity contribution in [3.63, 3.8) is 0 Å². The van der Waals surface area contributed by atoms with Crippen molar-refractivity contribution in [3.8, 4) is 11.8 Å². The Labute approximate surface area is 83.4 Å². The lowest BCUT2D eigenvalue weighted by Gasteiger charge is -1.92. The molecular weight excluding hydrogens is 176 g/mol. The fourth-order valence-electron chi connectivity index (χ4n) is 0.998. The Bertz CT molecular complexity index is 374. The van der Waals surface area contributed by atoms with Gasteiger partial charge in [-0.3, -0.25) is 0 Å². The summed E-state index contributed by atoms with van der Waals surface area (Å²) < 4.78 is 0. The topological polar surface area (TPSA) is 44.6 Å². The van der Waals surface area contributed by atoms with Gasteiger partial charge in [0.2, 0.25) is 0 Å². The van der Waals surface area contributed by atoms with Crippen molar-refractivity contribution in [2.75, 3.05) is 13.6 Å². The first-order valence-corrected chi connectivity index (χ1v) is 4.28. The van der Waals surface area contributed by atoms with E-state index in [9.17, 15) is 0 Å². The van der Waals surface area contributed by atoms with Gasteiger partial charge >= 0.3 is 0 Å². The zero-order chi connectivity index (χ0) is 10.2. The van der Waals surface area contributed by atoms with E-state index in [0.717, 1.165) is 11.1 Å². The van der Waals surface area contributed by atoms with Gasteiger partial charge in [-0.15, -0.1) is 0 Å². The maximum absolute atomic E-state index is 8.35. The Balaban J connectivity index is 2.79. The monoisotopic (exact) mass is 188 g/mol. The highest BCUT2D eigenvalue weighted by Gasteiger charge is 1.89. The molecule has 0 amide bonds. The molecule has 0 aliphatic rings. The van der Waals surface area contributed by atoms with Gasteiger partial charge in [-0.05, 0) is 24.7 Å². The number of hydrogen-bond acceptors (Lipinski definition) is 3. The number of benzene rings is 1. The van der Waals surface area contributed by atoms with E-state index in [1.165, 1.54) is 6.21 Å². The first-order valence-electron chi connectivity index (χ1n) is 4.28. The molecule has 0 aliphatic heterocycles. The molecule has 0 spiro atoms. The van der Waals surface area contributed by atoms with Crippen LogP contribution in [0.5, 0.6) is 0 Å². The molecule has 0 saturated heterocycles. The summed E-state index contributed by atoms with van der Waals surface area (Å²) in [5.41, 5.74) is 1.75. The van der Waals surface area contributed by atoms with Crippen molar-refractivity contribution in [2.45, 2.75) is 0 Å². The van der Waals surface area contributed by atoms with Crippen LogP contribution in [-0.4, -0.2) is 25.0 Å². The summed E-state index contributed by atoms with van der Waals surface area (Å²) in [5, 5.41) is 14.2. The smallest absolute Gasteiger partial charge is 0.0734 e. The molecule has 0 bridgehead atoms. The van der Waals surface area contributed by atoms with Crippen molar-refractivity contribution < 1.29 is 5.21 Å². The minimum absolute atomic E-state index is 0.665. The first kappa shape index (κ1) is 10.3. The van der Waals surface area contributed by atoms with Crippen LogP contribution in [0.1, 0.15) is 11.1 Å². The predicted octanol–water partition coefficient (Wildman–Crippen LogP) is 1.07. The minimum Gasteiger partial charge on any atom is -0.411 e. The van der Waals surface area contributed by atoms with Crippen molar-refractivity contribution in [3.05, 3.63) is 35.4 Å². The van der Waals surface area contributed by atoms with Gasteiger partial charge in [-0.2, -0.15) is 0 Å². The van der Waals surface area contributed by atoms with Crippen LogP contribution in [0.4, 0.5) is 0 Å². The zero-order valence-corrected chi connectivity index (χ0v) is 7.99. The Morgan fingerprint density at radius 1 is 1.57 bits per heavy atom. The van der Waals surface area contributed by atoms with Gasteiger partial charge < -0.3 is 10.5 Å². The summed E-state index contributed by atoms with van der Waals surface area (Å²) in [6.45, 7) is 0.665. The highest BCUT2D eigenvalue weighted by atomic mass is 16.4. The van der Waals surface area contributed by atoms with E-state index in [-0.39, 0.29) is 0 Å². The normalized spacial score (nSPS) is 9.79. The summed E-state index contributed by atoms with van der Waals surface area (Å²) in [5.74, 6) is 5.94. The first-order chi connectivity index (χ1) is 6.86. The second-order valence-electron chi connectivity index (χ2n) is 2.70. The number of rotatable bonds is 2. The third-order valence-electron chi connectivity index (χ3n) is 1.59. The molecule has 0 aromatic heterocycles. The van der Waals surface area contributed by atoms with Gasteiger partial charge in [0.25, 0.3) is 0 Å². The summed E-state index contributed by atoms with van der Waals surface area (Å²) in [6.07, 6.45) is 1.38. The van der Waals surface area contributed by atoms with Crippen molar-refractivity contribution >= 4 is 6.21 Å². The van der Waals surface area contributed by atoms with Crippen LogP contribution in [0.15, 0.2) is 29.4 Å². The fraction of sp³-hybridized carbons (Fsp3) is 0.182. The van der Waals surface area contributed by atoms with Crippen molar-refractivity contribution in [2.24, 2.45) is 5.16 Å². The summed E-state index contributed by atoms with van der Waals surface area (Å²) in [7, 11) is 1.85. The second-order valence-corrected chi connectivity index (χ2v) is 2.70. The van der Waals surface area contributed by atoms with Gasteiger partial charge in [-0.1, -0.05) is 29.1 Å². The molecule has 1 aromatic carbocycles. The van der Waals surface area contributed by atoms with Gasteiger partial charge in [-0.25, -0.2) is 0 Å². The van der Waals surface area contributed by atoms with Crippen LogP contribution >= 0.6 is 0 Å². The van der Waals surface area contributed by atoms with Crippen LogP contribution in [0, 0.1) is 11.8 Å². The second kappa shape index (κ2) is 5.79. The predicted molar refractivity (Wildman–Crippen MR) is 56.6 cm³/mol. The molecule has 0 atom stereocenters. The van der Waals surface area contributed by atoms with E-state index in [1.54, 1.807) is 0 Å². The number of oxime groups is 1. The average Bonchev–Trinajstić information content (AvgIpc) is 2.19. The summed E-state index contributed by atoms with van der Waals surface area (Å²) in [6, 6.07) is 7.50. The maximum Gasteiger partial charge on any atom is 0.0734 e. The molecule has 0 unspecified atom stereocenters. The minimum atomic E-state index is 0.665. The quantitative estimate of drug-likeness (QED) is 0.315. The van der Waals surface area contributed by atoms with Crippen molar-refractivity contribution in [1.29, 1.82) is 0 Å². The lowest BCUT2D eigenvalue weighted by Crippen LogP contribution is -2.04. The molecule has 0 aliphatic carbocycles. The van der Waals surface area contributed by atoms with E-state index in [2.05, 4.69) is 22.3 Å². The number of hydrogen-bond donors (Lipinski definition) is 2. The van der Waals surface area contributed by atoms with Gasteiger partial charge in [0.1, 0.15) is 0 Å². The zero-order valence-electron chi connectivity index (χ0n) is 7.99. The number of nitrogens with zero attached hydrogens (tertiary/aromatic N) is 1. The molecule has 1 aromatic rings. The van der Waals surface area contributed by atoms with Gasteiger partial charge in [0.15, 0.2) is 0 Å². The Morgan fingerprint density at radius 3 is 3.14 bits per heavy atom. The molecule has 0 fully saturated rings. The molecule has 1 rings (SSSR count). The third-order valence-corrected chi connectivity index (χ3v) is 1.59. The molecule has 3 heteroatoms. The van der Waals surface area contributed by atoms with E-state index in [0.29, 0.717) is 6.54 Å². The molecule has 3 nitrogen and oxygen atoms in total. The molecule has 0 radical (unpaired) electrons. The molecular formula is C11H12N2O. The highest BCUT2D eigenvalue weighted by molar-refractivity contribution is 5.79. The molecule has 72 valence electrons. The molecule has 0 saturated carbocycles. The lowest BCUT2D eigenvalue weighted by molar-refractivity contribution is 0.322.